The maximum absolute atomic E-state index is 14.7. The first kappa shape index (κ1) is 22.5. The van der Waals surface area contributed by atoms with Gasteiger partial charge in [0, 0.05) is 11.1 Å². The minimum absolute atomic E-state index is 0.108. The van der Waals surface area contributed by atoms with Crippen LogP contribution in [0.1, 0.15) is 71.6 Å². The second-order valence-corrected chi connectivity index (χ2v) is 8.36. The van der Waals surface area contributed by atoms with Crippen molar-refractivity contribution in [1.29, 1.82) is 0 Å². The summed E-state index contributed by atoms with van der Waals surface area (Å²) in [5.74, 6) is -1.20. The summed E-state index contributed by atoms with van der Waals surface area (Å²) < 4.78 is 25.4. The number of fused-ring (bicyclic) bond motifs is 1. The number of rotatable bonds is 6. The first-order chi connectivity index (χ1) is 13.1. The number of ether oxygens (including phenoxy) is 2. The lowest BCUT2D eigenvalue weighted by Crippen LogP contribution is -2.24. The van der Waals surface area contributed by atoms with Gasteiger partial charge in [-0.15, -0.1) is 0 Å². The van der Waals surface area contributed by atoms with Gasteiger partial charge in [-0.25, -0.2) is 4.79 Å². The van der Waals surface area contributed by atoms with Crippen LogP contribution in [-0.2, 0) is 14.9 Å². The molecule has 0 saturated carbocycles. The van der Waals surface area contributed by atoms with Gasteiger partial charge < -0.3 is 9.47 Å². The third-order valence-corrected chi connectivity index (χ3v) is 5.50. The summed E-state index contributed by atoms with van der Waals surface area (Å²) in [6.07, 6.45) is 3.10. The first-order valence-corrected chi connectivity index (χ1v) is 10.2. The average Bonchev–Trinajstić information content (AvgIpc) is 2.61. The number of esters is 1. The number of carbonyl (C=O) groups is 1. The lowest BCUT2D eigenvalue weighted by atomic mass is 9.70. The molecule has 1 aliphatic rings. The van der Waals surface area contributed by atoms with Gasteiger partial charge in [-0.2, -0.15) is 4.39 Å². The van der Waals surface area contributed by atoms with E-state index in [-0.39, 0.29) is 23.5 Å². The average molecular weight is 409 g/mol. The molecule has 0 N–H and O–H groups in total. The molecular formula is C23H30ClFO3. The van der Waals surface area contributed by atoms with E-state index in [1.54, 1.807) is 13.8 Å². The Morgan fingerprint density at radius 3 is 2.46 bits per heavy atom. The van der Waals surface area contributed by atoms with Gasteiger partial charge in [-0.1, -0.05) is 45.4 Å². The Hall–Kier alpha value is -1.81. The normalized spacial score (nSPS) is 16.3. The van der Waals surface area contributed by atoms with E-state index in [0.717, 1.165) is 17.5 Å². The van der Waals surface area contributed by atoms with Crippen LogP contribution in [-0.4, -0.2) is 19.2 Å². The SMILES string of the molecule is CCOC(=O)C(F)=C(C)c1cc2c(c(Cl)c1OCC)C(C)(C)CC=C2C(C)C. The van der Waals surface area contributed by atoms with Gasteiger partial charge in [0.25, 0.3) is 0 Å². The van der Waals surface area contributed by atoms with E-state index in [9.17, 15) is 9.18 Å². The Balaban J connectivity index is 2.83. The van der Waals surface area contributed by atoms with Crippen LogP contribution in [0.3, 0.4) is 0 Å². The molecule has 0 radical (unpaired) electrons. The van der Waals surface area contributed by atoms with E-state index >= 15 is 0 Å². The van der Waals surface area contributed by atoms with Crippen LogP contribution in [0.25, 0.3) is 11.1 Å². The summed E-state index contributed by atoms with van der Waals surface area (Å²) in [6.45, 7) is 14.1. The van der Waals surface area contributed by atoms with Crippen LogP contribution in [0.4, 0.5) is 4.39 Å². The minimum atomic E-state index is -0.976. The summed E-state index contributed by atoms with van der Waals surface area (Å²) in [5, 5.41) is 0.488. The van der Waals surface area contributed by atoms with Crippen molar-refractivity contribution in [2.75, 3.05) is 13.2 Å². The number of hydrogen-bond acceptors (Lipinski definition) is 3. The van der Waals surface area contributed by atoms with Crippen LogP contribution >= 0.6 is 11.6 Å². The zero-order valence-corrected chi connectivity index (χ0v) is 18.6. The highest BCUT2D eigenvalue weighted by Crippen LogP contribution is 2.50. The minimum Gasteiger partial charge on any atom is -0.492 e. The summed E-state index contributed by atoms with van der Waals surface area (Å²) in [4.78, 5) is 11.9. The van der Waals surface area contributed by atoms with Gasteiger partial charge in [0.2, 0.25) is 5.83 Å². The van der Waals surface area contributed by atoms with E-state index in [4.69, 9.17) is 21.1 Å². The molecule has 154 valence electrons. The number of allylic oxidation sites excluding steroid dienone is 3. The Bertz CT molecular complexity index is 835. The molecule has 5 heteroatoms. The van der Waals surface area contributed by atoms with Crippen molar-refractivity contribution in [3.05, 3.63) is 39.7 Å². The number of hydrogen-bond donors (Lipinski definition) is 0. The summed E-state index contributed by atoms with van der Waals surface area (Å²) in [6, 6.07) is 1.91. The van der Waals surface area contributed by atoms with Crippen molar-refractivity contribution in [2.45, 2.75) is 60.3 Å². The first-order valence-electron chi connectivity index (χ1n) is 9.80. The molecule has 0 saturated heterocycles. The molecule has 3 nitrogen and oxygen atoms in total. The van der Waals surface area contributed by atoms with Crippen molar-refractivity contribution >= 4 is 28.7 Å². The van der Waals surface area contributed by atoms with Crippen molar-refractivity contribution in [3.63, 3.8) is 0 Å². The maximum Gasteiger partial charge on any atom is 0.367 e. The van der Waals surface area contributed by atoms with Gasteiger partial charge in [0.1, 0.15) is 5.75 Å². The van der Waals surface area contributed by atoms with E-state index in [1.807, 2.05) is 13.0 Å². The Kier molecular flexibility index (Phi) is 6.97. The Morgan fingerprint density at radius 1 is 1.29 bits per heavy atom. The molecule has 0 aliphatic heterocycles. The molecule has 1 aliphatic carbocycles. The van der Waals surface area contributed by atoms with Gasteiger partial charge in [0.05, 0.1) is 18.2 Å². The van der Waals surface area contributed by atoms with Crippen LogP contribution in [0.5, 0.6) is 5.75 Å². The second-order valence-electron chi connectivity index (χ2n) is 7.98. The van der Waals surface area contributed by atoms with Crippen molar-refractivity contribution in [1.82, 2.24) is 0 Å². The van der Waals surface area contributed by atoms with E-state index in [0.29, 0.717) is 22.9 Å². The molecule has 0 heterocycles. The fourth-order valence-corrected chi connectivity index (χ4v) is 4.19. The van der Waals surface area contributed by atoms with Crippen LogP contribution in [0.15, 0.2) is 18.0 Å². The number of carbonyl (C=O) groups excluding carboxylic acids is 1. The van der Waals surface area contributed by atoms with Crippen molar-refractivity contribution < 1.29 is 18.7 Å². The topological polar surface area (TPSA) is 35.5 Å². The fraction of sp³-hybridized carbons (Fsp3) is 0.522. The zero-order chi connectivity index (χ0) is 21.2. The summed E-state index contributed by atoms with van der Waals surface area (Å²) in [7, 11) is 0. The molecular weight excluding hydrogens is 379 g/mol. The predicted octanol–water partition coefficient (Wildman–Crippen LogP) is 6.72. The maximum atomic E-state index is 14.7. The highest BCUT2D eigenvalue weighted by atomic mass is 35.5. The Labute approximate surface area is 172 Å². The molecule has 1 aromatic rings. The molecule has 0 aromatic heterocycles. The van der Waals surface area contributed by atoms with Crippen LogP contribution < -0.4 is 4.74 Å². The molecule has 2 rings (SSSR count). The standard InChI is InChI=1S/C23H30ClFO3/c1-8-27-21-16(14(5)20(25)22(26)28-9-2)12-17-15(13(3)4)10-11-23(6,7)18(17)19(21)24/h10,12-13H,8-9,11H2,1-7H3. The smallest absolute Gasteiger partial charge is 0.367 e. The number of halogens is 2. The largest absolute Gasteiger partial charge is 0.492 e. The van der Waals surface area contributed by atoms with E-state index < -0.39 is 11.8 Å². The molecule has 0 atom stereocenters. The number of benzene rings is 1. The van der Waals surface area contributed by atoms with Gasteiger partial charge >= 0.3 is 5.97 Å². The third-order valence-electron chi connectivity index (χ3n) is 5.14. The van der Waals surface area contributed by atoms with E-state index in [1.165, 1.54) is 5.57 Å². The lowest BCUT2D eigenvalue weighted by molar-refractivity contribution is -0.140. The second kappa shape index (κ2) is 8.69. The van der Waals surface area contributed by atoms with Gasteiger partial charge in [-0.3, -0.25) is 0 Å². The van der Waals surface area contributed by atoms with Gasteiger partial charge in [0.15, 0.2) is 0 Å². The predicted molar refractivity (Wildman–Crippen MR) is 113 cm³/mol. The monoisotopic (exact) mass is 408 g/mol. The highest BCUT2D eigenvalue weighted by Gasteiger charge is 2.34. The molecule has 0 spiro atoms. The van der Waals surface area contributed by atoms with Crippen molar-refractivity contribution in [2.24, 2.45) is 5.92 Å². The van der Waals surface area contributed by atoms with E-state index in [2.05, 4.69) is 33.8 Å². The van der Waals surface area contributed by atoms with Gasteiger partial charge in [-0.05, 0) is 61.3 Å². The molecule has 1 aromatic carbocycles. The lowest BCUT2D eigenvalue weighted by Gasteiger charge is -2.35. The third kappa shape index (κ3) is 4.12. The fourth-order valence-electron chi connectivity index (χ4n) is 3.68. The van der Waals surface area contributed by atoms with Crippen LogP contribution in [0, 0.1) is 5.92 Å². The summed E-state index contributed by atoms with van der Waals surface area (Å²) >= 11 is 6.84. The Morgan fingerprint density at radius 2 is 1.93 bits per heavy atom. The molecule has 0 fully saturated rings. The summed E-state index contributed by atoms with van der Waals surface area (Å²) in [5.41, 5.74) is 3.65. The van der Waals surface area contributed by atoms with Crippen molar-refractivity contribution in [3.8, 4) is 5.75 Å². The zero-order valence-electron chi connectivity index (χ0n) is 17.8. The molecule has 0 amide bonds. The molecule has 0 unspecified atom stereocenters. The highest BCUT2D eigenvalue weighted by molar-refractivity contribution is 6.33. The quantitative estimate of drug-likeness (QED) is 0.387. The molecule has 28 heavy (non-hydrogen) atoms. The molecule has 0 bridgehead atoms. The van der Waals surface area contributed by atoms with Crippen LogP contribution in [0.2, 0.25) is 5.02 Å².